The average molecular weight is 1860 g/mol. The quantitative estimate of drug-likeness (QED) is 0.145. The molecule has 1 spiro atoms. The van der Waals surface area contributed by atoms with E-state index in [9.17, 15) is 0 Å². The summed E-state index contributed by atoms with van der Waals surface area (Å²) in [5.41, 5.74) is 18.9. The number of aryl methyl sites for hydroxylation is 4. The molecule has 22 heteroatoms. The molecule has 6 aliphatic rings. The van der Waals surface area contributed by atoms with Gasteiger partial charge >= 0.3 is 0 Å². The zero-order valence-electron chi connectivity index (χ0n) is 45.5. The van der Waals surface area contributed by atoms with Gasteiger partial charge < -0.3 is 20.0 Å². The minimum absolute atomic E-state index is 0. The summed E-state index contributed by atoms with van der Waals surface area (Å²) < 4.78 is 0. The topological polar surface area (TPSA) is 98.9 Å². The van der Waals surface area contributed by atoms with Crippen molar-refractivity contribution in [3.05, 3.63) is 200 Å². The van der Waals surface area contributed by atoms with Crippen molar-refractivity contribution in [3.8, 4) is 19.5 Å². The molecule has 10 radical (unpaired) electrons. The SMILES string of the molecule is Cc1[c-]c(Cc2cc3c(s2)-c2sc(Cc4[c-]c(C)c(C)c5c4=NCN=5)cc2C32c3cc(Cc4[c-]c(C)c(C)c5c4=NCN=5)sc3-c3sc(Cc4[c-]c(C)c(C)c5c4=NCN=5)cc32)c2c(c1C)=NCN=2.[Y].[Y].[Y].[Y].[Y].[Y].[Y].[Y].[Y].[Y]. The first kappa shape index (κ1) is 76.6. The van der Waals surface area contributed by atoms with Crippen LogP contribution in [0, 0.1) is 79.7 Å². The van der Waals surface area contributed by atoms with Gasteiger partial charge in [0.25, 0.3) is 0 Å². The van der Waals surface area contributed by atoms with Crippen molar-refractivity contribution >= 4 is 45.3 Å². The molecule has 79 heavy (non-hydrogen) atoms. The van der Waals surface area contributed by atoms with Gasteiger partial charge in [-0.25, -0.2) is 0 Å². The zero-order valence-corrected chi connectivity index (χ0v) is 77.1. The van der Waals surface area contributed by atoms with Crippen LogP contribution in [0.4, 0.5) is 0 Å². The molecule has 0 amide bonds. The first-order valence-electron chi connectivity index (χ1n) is 23.6. The van der Waals surface area contributed by atoms with Crippen LogP contribution in [0.1, 0.15) is 109 Å². The van der Waals surface area contributed by atoms with E-state index >= 15 is 0 Å². The maximum Gasteiger partial charge on any atom is 0.115 e. The van der Waals surface area contributed by atoms with Crippen molar-refractivity contribution in [1.82, 2.24) is 0 Å². The van der Waals surface area contributed by atoms with Gasteiger partial charge in [-0.2, -0.15) is 46.5 Å². The maximum atomic E-state index is 4.91. The molecule has 0 saturated carbocycles. The minimum Gasteiger partial charge on any atom is -0.325 e. The zero-order chi connectivity index (χ0) is 46.8. The Balaban J connectivity index is 0.00000134. The van der Waals surface area contributed by atoms with Crippen LogP contribution in [0.15, 0.2) is 64.2 Å². The van der Waals surface area contributed by atoms with Gasteiger partial charge in [0, 0.05) is 366 Å². The second-order valence-corrected chi connectivity index (χ2v) is 23.9. The van der Waals surface area contributed by atoms with Crippen molar-refractivity contribution < 1.29 is 327 Å². The van der Waals surface area contributed by atoms with Crippen LogP contribution in [0.3, 0.4) is 0 Å². The summed E-state index contributed by atoms with van der Waals surface area (Å²) in [7, 11) is 0. The Kier molecular flexibility index (Phi) is 29.8. The summed E-state index contributed by atoms with van der Waals surface area (Å²) in [4.78, 5) is 49.7. The van der Waals surface area contributed by atoms with Crippen molar-refractivity contribution in [2.45, 2.75) is 86.5 Å². The molecule has 370 valence electrons. The van der Waals surface area contributed by atoms with Gasteiger partial charge in [-0.15, -0.1) is 89.9 Å². The molecule has 0 fully saturated rings. The largest absolute Gasteiger partial charge is 0.325 e. The van der Waals surface area contributed by atoms with Gasteiger partial charge in [0.05, 0.1) is 5.41 Å². The van der Waals surface area contributed by atoms with Crippen molar-refractivity contribution in [1.29, 1.82) is 0 Å². The van der Waals surface area contributed by atoms with Crippen LogP contribution in [0.5, 0.6) is 0 Å². The van der Waals surface area contributed by atoms with Crippen LogP contribution in [-0.4, -0.2) is 26.7 Å². The molecular formula is C57H44N8S4Y10-4. The summed E-state index contributed by atoms with van der Waals surface area (Å²) >= 11 is 7.80. The van der Waals surface area contributed by atoms with Crippen LogP contribution < -0.4 is 42.9 Å². The fourth-order valence-electron chi connectivity index (χ4n) is 11.7. The number of hydrogen-bond donors (Lipinski definition) is 0. The van der Waals surface area contributed by atoms with E-state index in [1.165, 1.54) is 83.5 Å². The Morgan fingerprint density at radius 1 is 0.316 bits per heavy atom. The number of nitrogens with zero attached hydrogens (tertiary/aromatic N) is 8. The molecule has 4 aromatic carbocycles. The number of hydrogen-bond acceptors (Lipinski definition) is 12. The number of fused-ring (bicyclic) bond motifs is 14. The van der Waals surface area contributed by atoms with Crippen LogP contribution in [0.2, 0.25) is 0 Å². The third-order valence-corrected chi connectivity index (χ3v) is 20.3. The van der Waals surface area contributed by atoms with E-state index in [1.54, 1.807) is 0 Å². The summed E-state index contributed by atoms with van der Waals surface area (Å²) in [6, 6.07) is 25.2. The molecule has 0 atom stereocenters. The van der Waals surface area contributed by atoms with E-state index in [4.69, 9.17) is 39.9 Å². The molecule has 0 unspecified atom stereocenters. The molecule has 4 aromatic heterocycles. The Bertz CT molecular complexity index is 3750. The van der Waals surface area contributed by atoms with Gasteiger partial charge in [0.2, 0.25) is 0 Å². The monoisotopic (exact) mass is 1860 g/mol. The van der Waals surface area contributed by atoms with Gasteiger partial charge in [-0.05, 0) is 115 Å². The first-order valence-corrected chi connectivity index (χ1v) is 26.9. The Morgan fingerprint density at radius 3 is 0.709 bits per heavy atom. The molecule has 8 heterocycles. The Morgan fingerprint density at radius 2 is 0.506 bits per heavy atom. The standard InChI is InChI=1S/C57H44N8S4.10Y/c1-25-9-33(49-45(29(25)5)58-21-62-49)13-37-17-41-53(66-37)54-42(18-38(67-54)14-34-10-26(2)30(6)46-50(34)63-22-59-46)57(41)43-19-39(15-35-11-27(3)31(7)47-51(35)64-23-60-47)68-55(43)56-44(57)20-40(69-56)16-36-12-28(4)32(8)48-52(36)65-24-61-48;;;;;;;;;;/h17-20H,13-16,21-24H2,1-8H3;;;;;;;;;;/q-4;;;;;;;;;;. The molecule has 0 bridgehead atoms. The predicted octanol–water partition coefficient (Wildman–Crippen LogP) is 7.12. The van der Waals surface area contributed by atoms with Gasteiger partial charge in [0.1, 0.15) is 26.7 Å². The molecule has 14 rings (SSSR count). The number of benzene rings is 4. The molecular weight excluding hydrogens is 1810 g/mol. The van der Waals surface area contributed by atoms with E-state index in [1.807, 2.05) is 45.3 Å². The number of rotatable bonds is 8. The van der Waals surface area contributed by atoms with Gasteiger partial charge in [0.15, 0.2) is 0 Å². The fourth-order valence-corrected chi connectivity index (χ4v) is 16.9. The summed E-state index contributed by atoms with van der Waals surface area (Å²) in [5.74, 6) is 0. The smallest absolute Gasteiger partial charge is 0.115 e. The third kappa shape index (κ3) is 13.0. The van der Waals surface area contributed by atoms with E-state index < -0.39 is 5.41 Å². The summed E-state index contributed by atoms with van der Waals surface area (Å²) in [5, 5.41) is 8.16. The van der Waals surface area contributed by atoms with Gasteiger partial charge in [-0.3, -0.25) is 20.0 Å². The second kappa shape index (κ2) is 30.7. The van der Waals surface area contributed by atoms with E-state index in [-0.39, 0.29) is 327 Å². The van der Waals surface area contributed by atoms with Crippen LogP contribution >= 0.6 is 45.3 Å². The Labute approximate surface area is 729 Å². The van der Waals surface area contributed by atoms with Crippen molar-refractivity contribution in [3.63, 3.8) is 0 Å². The van der Waals surface area contributed by atoms with Crippen LogP contribution in [-0.2, 0) is 358 Å². The molecule has 0 N–H and O–H groups in total. The second-order valence-electron chi connectivity index (χ2n) is 19.3. The van der Waals surface area contributed by atoms with E-state index in [2.05, 4.69) is 104 Å². The molecule has 8 aromatic rings. The maximum absolute atomic E-state index is 4.91. The van der Waals surface area contributed by atoms with Gasteiger partial charge in [-0.1, -0.05) is 55.4 Å². The molecule has 2 aliphatic carbocycles. The molecule has 4 aliphatic heterocycles. The van der Waals surface area contributed by atoms with Crippen molar-refractivity contribution in [2.24, 2.45) is 39.9 Å². The summed E-state index contributed by atoms with van der Waals surface area (Å²) in [6.45, 7) is 19.2. The number of thiophene rings is 4. The normalized spacial score (nSPS) is 13.5. The summed E-state index contributed by atoms with van der Waals surface area (Å²) in [6.07, 6.45) is 3.03. The average Bonchev–Trinajstić information content (AvgIpc) is 4.17. The Hall–Kier alpha value is 5.12. The van der Waals surface area contributed by atoms with Crippen molar-refractivity contribution in [2.75, 3.05) is 26.7 Å². The molecule has 0 saturated heterocycles. The van der Waals surface area contributed by atoms with E-state index in [0.29, 0.717) is 26.7 Å². The third-order valence-electron chi connectivity index (χ3n) is 15.5. The van der Waals surface area contributed by atoms with Crippen LogP contribution in [0.25, 0.3) is 19.5 Å². The first-order chi connectivity index (χ1) is 33.4. The minimum atomic E-state index is -0.505. The fraction of sp³-hybridized carbons (Fsp3) is 0.298. The predicted molar refractivity (Wildman–Crippen MR) is 273 cm³/mol. The molecule has 8 nitrogen and oxygen atoms in total. The van der Waals surface area contributed by atoms with E-state index in [0.717, 1.165) is 113 Å².